The highest BCUT2D eigenvalue weighted by molar-refractivity contribution is 5.81. The van der Waals surface area contributed by atoms with Crippen molar-refractivity contribution in [1.29, 1.82) is 0 Å². The minimum Gasteiger partial charge on any atom is -0.481 e. The molecule has 1 fully saturated rings. The van der Waals surface area contributed by atoms with Crippen molar-refractivity contribution in [3.63, 3.8) is 0 Å². The molecule has 0 aromatic heterocycles. The van der Waals surface area contributed by atoms with Gasteiger partial charge in [-0.15, -0.1) is 0 Å². The maximum atomic E-state index is 12.1. The average molecular weight is 289 g/mol. The van der Waals surface area contributed by atoms with Crippen molar-refractivity contribution in [3.8, 4) is 0 Å². The molecule has 0 saturated heterocycles. The van der Waals surface area contributed by atoms with E-state index in [2.05, 4.69) is 5.32 Å². The molecule has 1 aliphatic rings. The fraction of sp³-hybridized carbons (Fsp3) is 0.529. The first-order valence-corrected chi connectivity index (χ1v) is 7.49. The second-order valence-corrected chi connectivity index (χ2v) is 6.18. The van der Waals surface area contributed by atoms with E-state index >= 15 is 0 Å². The summed E-state index contributed by atoms with van der Waals surface area (Å²) in [7, 11) is 0. The van der Waals surface area contributed by atoms with E-state index in [0.29, 0.717) is 19.3 Å². The molecule has 0 bridgehead atoms. The maximum Gasteiger partial charge on any atom is 0.311 e. The minimum absolute atomic E-state index is 0.101. The van der Waals surface area contributed by atoms with Crippen LogP contribution in [0.4, 0.5) is 0 Å². The van der Waals surface area contributed by atoms with E-state index in [4.69, 9.17) is 0 Å². The van der Waals surface area contributed by atoms with Crippen LogP contribution in [0.3, 0.4) is 0 Å². The van der Waals surface area contributed by atoms with Crippen molar-refractivity contribution in [2.24, 2.45) is 5.41 Å². The molecule has 1 aromatic rings. The van der Waals surface area contributed by atoms with Gasteiger partial charge in [0.2, 0.25) is 5.91 Å². The zero-order valence-electron chi connectivity index (χ0n) is 12.7. The molecule has 21 heavy (non-hydrogen) atoms. The molecule has 0 unspecified atom stereocenters. The normalized spacial score (nSPS) is 16.7. The highest BCUT2D eigenvalue weighted by Gasteiger charge is 2.41. The molecule has 0 atom stereocenters. The largest absolute Gasteiger partial charge is 0.481 e. The van der Waals surface area contributed by atoms with Crippen LogP contribution in [0.25, 0.3) is 0 Å². The molecular weight excluding hydrogens is 266 g/mol. The molecule has 0 heterocycles. The van der Waals surface area contributed by atoms with Gasteiger partial charge in [-0.2, -0.15) is 0 Å². The fourth-order valence-electron chi connectivity index (χ4n) is 3.01. The topological polar surface area (TPSA) is 66.4 Å². The van der Waals surface area contributed by atoms with Crippen LogP contribution < -0.4 is 5.32 Å². The van der Waals surface area contributed by atoms with Gasteiger partial charge in [-0.05, 0) is 37.8 Å². The molecule has 0 aliphatic heterocycles. The van der Waals surface area contributed by atoms with Crippen LogP contribution >= 0.6 is 0 Å². The Morgan fingerprint density at radius 2 is 1.90 bits per heavy atom. The summed E-state index contributed by atoms with van der Waals surface area (Å²) in [6, 6.07) is 6.04. The zero-order chi connectivity index (χ0) is 15.5. The van der Waals surface area contributed by atoms with Gasteiger partial charge in [0.15, 0.2) is 0 Å². The van der Waals surface area contributed by atoms with E-state index in [0.717, 1.165) is 29.5 Å². The van der Waals surface area contributed by atoms with E-state index in [1.54, 1.807) is 0 Å². The lowest BCUT2D eigenvalue weighted by Crippen LogP contribution is -2.41. The van der Waals surface area contributed by atoms with Crippen molar-refractivity contribution in [2.45, 2.75) is 46.0 Å². The Hall–Kier alpha value is -1.84. The number of carboxylic acid groups (broad SMARTS) is 1. The molecule has 4 heteroatoms. The van der Waals surface area contributed by atoms with Gasteiger partial charge >= 0.3 is 5.97 Å². The molecule has 2 rings (SSSR count). The molecule has 2 N–H and O–H groups in total. The zero-order valence-corrected chi connectivity index (χ0v) is 12.7. The maximum absolute atomic E-state index is 12.1. The molecular formula is C17H23NO3. The predicted octanol–water partition coefficient (Wildman–Crippen LogP) is 2.61. The fourth-order valence-corrected chi connectivity index (χ4v) is 3.01. The van der Waals surface area contributed by atoms with Crippen molar-refractivity contribution >= 4 is 11.9 Å². The van der Waals surface area contributed by atoms with E-state index in [1.807, 2.05) is 32.0 Å². The second-order valence-electron chi connectivity index (χ2n) is 6.18. The van der Waals surface area contributed by atoms with Crippen LogP contribution in [-0.2, 0) is 16.0 Å². The Morgan fingerprint density at radius 3 is 2.52 bits per heavy atom. The van der Waals surface area contributed by atoms with Crippen molar-refractivity contribution < 1.29 is 14.7 Å². The Labute approximate surface area is 125 Å². The molecule has 114 valence electrons. The number of aliphatic carboxylic acids is 1. The summed E-state index contributed by atoms with van der Waals surface area (Å²) in [5, 5.41) is 12.2. The average Bonchev–Trinajstić information content (AvgIpc) is 2.91. The predicted molar refractivity (Wildman–Crippen MR) is 81.2 cm³/mol. The first-order chi connectivity index (χ1) is 9.93. The lowest BCUT2D eigenvalue weighted by molar-refractivity contribution is -0.148. The van der Waals surface area contributed by atoms with Gasteiger partial charge in [-0.25, -0.2) is 0 Å². The summed E-state index contributed by atoms with van der Waals surface area (Å²) in [6.07, 6.45) is 3.49. The Kier molecular flexibility index (Phi) is 4.66. The number of carbonyl (C=O) groups is 2. The van der Waals surface area contributed by atoms with Crippen molar-refractivity contribution in [1.82, 2.24) is 5.32 Å². The molecule has 1 aromatic carbocycles. The third-order valence-corrected chi connectivity index (χ3v) is 4.49. The summed E-state index contributed by atoms with van der Waals surface area (Å²) in [4.78, 5) is 23.5. The molecule has 0 radical (unpaired) electrons. The summed E-state index contributed by atoms with van der Waals surface area (Å²) >= 11 is 0. The standard InChI is InChI=1S/C17H23NO3/c1-12-5-6-13(2)14(9-12)10-15(19)18-11-17(16(20)21)7-3-4-8-17/h5-6,9H,3-4,7-8,10-11H2,1-2H3,(H,18,19)(H,20,21). The third kappa shape index (κ3) is 3.63. The monoisotopic (exact) mass is 289 g/mol. The molecule has 0 spiro atoms. The van der Waals surface area contributed by atoms with Gasteiger partial charge in [-0.3, -0.25) is 9.59 Å². The summed E-state index contributed by atoms with van der Waals surface area (Å²) in [5.41, 5.74) is 2.46. The quantitative estimate of drug-likeness (QED) is 0.875. The van der Waals surface area contributed by atoms with Crippen LogP contribution in [-0.4, -0.2) is 23.5 Å². The van der Waals surface area contributed by atoms with E-state index in [-0.39, 0.29) is 12.5 Å². The Balaban J connectivity index is 1.96. The van der Waals surface area contributed by atoms with E-state index in [9.17, 15) is 14.7 Å². The minimum atomic E-state index is -0.785. The van der Waals surface area contributed by atoms with Gasteiger partial charge in [0.1, 0.15) is 0 Å². The van der Waals surface area contributed by atoms with Crippen LogP contribution in [0, 0.1) is 19.3 Å². The van der Waals surface area contributed by atoms with Gasteiger partial charge < -0.3 is 10.4 Å². The van der Waals surface area contributed by atoms with Crippen LogP contribution in [0.15, 0.2) is 18.2 Å². The first-order valence-electron chi connectivity index (χ1n) is 7.49. The van der Waals surface area contributed by atoms with Gasteiger partial charge in [0, 0.05) is 6.54 Å². The lowest BCUT2D eigenvalue weighted by Gasteiger charge is -2.24. The Bertz CT molecular complexity index is 545. The third-order valence-electron chi connectivity index (χ3n) is 4.49. The Morgan fingerprint density at radius 1 is 1.24 bits per heavy atom. The lowest BCUT2D eigenvalue weighted by atomic mass is 9.86. The van der Waals surface area contributed by atoms with E-state index < -0.39 is 11.4 Å². The van der Waals surface area contributed by atoms with Crippen LogP contribution in [0.5, 0.6) is 0 Å². The number of aryl methyl sites for hydroxylation is 2. The summed E-state index contributed by atoms with van der Waals surface area (Å²) < 4.78 is 0. The highest BCUT2D eigenvalue weighted by Crippen LogP contribution is 2.37. The second kappa shape index (κ2) is 6.29. The molecule has 4 nitrogen and oxygen atoms in total. The van der Waals surface area contributed by atoms with Gasteiger partial charge in [0.25, 0.3) is 0 Å². The van der Waals surface area contributed by atoms with E-state index in [1.165, 1.54) is 0 Å². The smallest absolute Gasteiger partial charge is 0.311 e. The molecule has 1 saturated carbocycles. The van der Waals surface area contributed by atoms with Crippen molar-refractivity contribution in [3.05, 3.63) is 34.9 Å². The van der Waals surface area contributed by atoms with Crippen LogP contribution in [0.1, 0.15) is 42.4 Å². The number of hydrogen-bond acceptors (Lipinski definition) is 2. The SMILES string of the molecule is Cc1ccc(C)c(CC(=O)NCC2(C(=O)O)CCCC2)c1. The number of carboxylic acids is 1. The van der Waals surface area contributed by atoms with Gasteiger partial charge in [0.05, 0.1) is 11.8 Å². The molecule has 1 amide bonds. The number of carbonyl (C=O) groups excluding carboxylic acids is 1. The van der Waals surface area contributed by atoms with Crippen molar-refractivity contribution in [2.75, 3.05) is 6.54 Å². The number of nitrogens with one attached hydrogen (secondary N) is 1. The summed E-state index contributed by atoms with van der Waals surface area (Å²) in [6.45, 7) is 4.22. The number of hydrogen-bond donors (Lipinski definition) is 2. The van der Waals surface area contributed by atoms with Crippen LogP contribution in [0.2, 0.25) is 0 Å². The summed E-state index contributed by atoms with van der Waals surface area (Å²) in [5.74, 6) is -0.886. The number of benzene rings is 1. The highest BCUT2D eigenvalue weighted by atomic mass is 16.4. The molecule has 1 aliphatic carbocycles. The first kappa shape index (κ1) is 15.5. The van der Waals surface area contributed by atoms with Gasteiger partial charge in [-0.1, -0.05) is 36.6 Å². The number of rotatable bonds is 5. The number of amides is 1.